The fourth-order valence-electron chi connectivity index (χ4n) is 1.25. The summed E-state index contributed by atoms with van der Waals surface area (Å²) in [6, 6.07) is 4.25. The van der Waals surface area contributed by atoms with Gasteiger partial charge in [0.15, 0.2) is 0 Å². The maximum Gasteiger partial charge on any atom is 0.384 e. The first kappa shape index (κ1) is 13.6. The summed E-state index contributed by atoms with van der Waals surface area (Å²) in [6.45, 7) is 1.88. The number of esters is 1. The molecule has 0 amide bonds. The number of aliphatic carboxylic acids is 1. The molecule has 0 aliphatic carbocycles. The van der Waals surface area contributed by atoms with Crippen LogP contribution in [0.15, 0.2) is 18.2 Å². The van der Waals surface area contributed by atoms with Crippen molar-refractivity contribution >= 4 is 11.9 Å². The van der Waals surface area contributed by atoms with Crippen molar-refractivity contribution in [1.82, 2.24) is 0 Å². The fraction of sp³-hybridized carbons (Fsp3) is 0.231. The van der Waals surface area contributed by atoms with Gasteiger partial charge in [0, 0.05) is 5.92 Å². The van der Waals surface area contributed by atoms with Crippen molar-refractivity contribution in [2.45, 2.75) is 13.3 Å². The zero-order chi connectivity index (χ0) is 13.5. The summed E-state index contributed by atoms with van der Waals surface area (Å²) in [4.78, 5) is 21.6. The molecule has 0 radical (unpaired) electrons. The van der Waals surface area contributed by atoms with E-state index in [1.807, 2.05) is 0 Å². The van der Waals surface area contributed by atoms with Gasteiger partial charge in [0.1, 0.15) is 5.75 Å². The van der Waals surface area contributed by atoms with Crippen LogP contribution < -0.4 is 0 Å². The predicted octanol–water partition coefficient (Wildman–Crippen LogP) is 0.934. The van der Waals surface area contributed by atoms with E-state index in [-0.39, 0.29) is 24.3 Å². The third kappa shape index (κ3) is 4.18. The van der Waals surface area contributed by atoms with Gasteiger partial charge < -0.3 is 14.9 Å². The van der Waals surface area contributed by atoms with Gasteiger partial charge in [-0.05, 0) is 24.6 Å². The number of ether oxygens (including phenoxy) is 1. The second-order valence-electron chi connectivity index (χ2n) is 3.39. The van der Waals surface area contributed by atoms with Crippen LogP contribution in [0.25, 0.3) is 0 Å². The predicted molar refractivity (Wildman–Crippen MR) is 63.0 cm³/mol. The highest BCUT2D eigenvalue weighted by Crippen LogP contribution is 2.17. The number of phenolic OH excluding ortho intramolecular Hbond substituents is 1. The molecule has 0 aliphatic heterocycles. The van der Waals surface area contributed by atoms with Gasteiger partial charge in [0.05, 0.1) is 18.6 Å². The number of rotatable bonds is 3. The van der Waals surface area contributed by atoms with Crippen molar-refractivity contribution in [1.29, 1.82) is 0 Å². The van der Waals surface area contributed by atoms with Crippen molar-refractivity contribution < 1.29 is 24.5 Å². The minimum Gasteiger partial charge on any atom is -0.507 e. The van der Waals surface area contributed by atoms with Gasteiger partial charge in [0.25, 0.3) is 0 Å². The Morgan fingerprint density at radius 3 is 2.72 bits per heavy atom. The maximum atomic E-state index is 11.0. The molecule has 0 aliphatic rings. The topological polar surface area (TPSA) is 83.8 Å². The molecule has 0 unspecified atom stereocenters. The summed E-state index contributed by atoms with van der Waals surface area (Å²) in [7, 11) is 0. The molecule has 1 rings (SSSR count). The highest BCUT2D eigenvalue weighted by atomic mass is 16.5. The minimum absolute atomic E-state index is 0.110. The molecule has 2 N–H and O–H groups in total. The van der Waals surface area contributed by atoms with E-state index in [4.69, 9.17) is 5.11 Å². The molecular weight excluding hydrogens is 236 g/mol. The highest BCUT2D eigenvalue weighted by molar-refractivity contribution is 5.89. The number of benzene rings is 1. The molecule has 18 heavy (non-hydrogen) atoms. The number of phenols is 1. The monoisotopic (exact) mass is 248 g/mol. The standard InChI is InChI=1S/C13H12O5/c1-2-18-13(17)6-4-10-7-9(8-12(15)16)3-5-11(10)14/h3,5,7,14H,2,8H2,1H3,(H,15,16). The molecular formula is C13H12O5. The Labute approximate surface area is 104 Å². The van der Waals surface area contributed by atoms with Crippen molar-refractivity contribution in [3.05, 3.63) is 29.3 Å². The van der Waals surface area contributed by atoms with E-state index in [0.717, 1.165) is 0 Å². The Balaban J connectivity index is 2.93. The lowest BCUT2D eigenvalue weighted by atomic mass is 10.1. The third-order valence-corrected chi connectivity index (χ3v) is 1.99. The van der Waals surface area contributed by atoms with Crippen LogP contribution >= 0.6 is 0 Å². The molecule has 1 aromatic rings. The van der Waals surface area contributed by atoms with Gasteiger partial charge >= 0.3 is 11.9 Å². The number of hydrogen-bond acceptors (Lipinski definition) is 4. The first-order chi connectivity index (χ1) is 8.52. The van der Waals surface area contributed by atoms with Crippen LogP contribution in [0.4, 0.5) is 0 Å². The van der Waals surface area contributed by atoms with Crippen LogP contribution in [-0.2, 0) is 20.7 Å². The largest absolute Gasteiger partial charge is 0.507 e. The van der Waals surface area contributed by atoms with E-state index in [1.165, 1.54) is 18.2 Å². The Bertz CT molecular complexity index is 522. The van der Waals surface area contributed by atoms with Gasteiger partial charge in [0.2, 0.25) is 0 Å². The molecule has 94 valence electrons. The van der Waals surface area contributed by atoms with Crippen LogP contribution in [0.3, 0.4) is 0 Å². The van der Waals surface area contributed by atoms with E-state index in [0.29, 0.717) is 5.56 Å². The molecule has 1 aromatic carbocycles. The Morgan fingerprint density at radius 2 is 2.11 bits per heavy atom. The summed E-state index contributed by atoms with van der Waals surface area (Å²) in [5.41, 5.74) is 0.690. The molecule has 0 saturated heterocycles. The second-order valence-corrected chi connectivity index (χ2v) is 3.39. The molecule has 0 aromatic heterocycles. The lowest BCUT2D eigenvalue weighted by molar-refractivity contribution is -0.137. The molecule has 0 saturated carbocycles. The Hall–Kier alpha value is -2.48. The summed E-state index contributed by atoms with van der Waals surface area (Å²) < 4.78 is 4.61. The molecule has 0 atom stereocenters. The summed E-state index contributed by atoms with van der Waals surface area (Å²) in [6.07, 6.45) is -0.172. The second kappa shape index (κ2) is 6.30. The smallest absolute Gasteiger partial charge is 0.384 e. The number of aromatic hydroxyl groups is 1. The summed E-state index contributed by atoms with van der Waals surface area (Å²) in [5, 5.41) is 18.2. The van der Waals surface area contributed by atoms with E-state index in [2.05, 4.69) is 16.6 Å². The number of carbonyl (C=O) groups is 2. The fourth-order valence-corrected chi connectivity index (χ4v) is 1.25. The number of hydrogen-bond donors (Lipinski definition) is 2. The molecule has 0 bridgehead atoms. The lowest BCUT2D eigenvalue weighted by Crippen LogP contribution is -2.01. The van der Waals surface area contributed by atoms with Gasteiger partial charge in [-0.25, -0.2) is 4.79 Å². The number of carboxylic acid groups (broad SMARTS) is 1. The van der Waals surface area contributed by atoms with Gasteiger partial charge in [-0.1, -0.05) is 12.0 Å². The first-order valence-electron chi connectivity index (χ1n) is 5.25. The quantitative estimate of drug-likeness (QED) is 0.614. The van der Waals surface area contributed by atoms with Gasteiger partial charge in [-0.2, -0.15) is 0 Å². The van der Waals surface area contributed by atoms with Crippen LogP contribution in [0.2, 0.25) is 0 Å². The molecule has 0 spiro atoms. The SMILES string of the molecule is CCOC(=O)C#Cc1cc(CC(=O)O)ccc1O. The molecule has 5 heteroatoms. The summed E-state index contributed by atoms with van der Waals surface area (Å²) in [5.74, 6) is 2.86. The van der Waals surface area contributed by atoms with Crippen molar-refractivity contribution in [2.75, 3.05) is 6.61 Å². The van der Waals surface area contributed by atoms with Crippen LogP contribution in [0.5, 0.6) is 5.75 Å². The van der Waals surface area contributed by atoms with E-state index in [9.17, 15) is 14.7 Å². The van der Waals surface area contributed by atoms with E-state index < -0.39 is 11.9 Å². The van der Waals surface area contributed by atoms with Crippen LogP contribution in [0, 0.1) is 11.8 Å². The maximum absolute atomic E-state index is 11.0. The van der Waals surface area contributed by atoms with E-state index in [1.54, 1.807) is 6.92 Å². The van der Waals surface area contributed by atoms with Crippen molar-refractivity contribution in [3.8, 4) is 17.6 Å². The number of carboxylic acids is 1. The van der Waals surface area contributed by atoms with Crippen molar-refractivity contribution in [2.24, 2.45) is 0 Å². The van der Waals surface area contributed by atoms with Crippen LogP contribution in [0.1, 0.15) is 18.1 Å². The normalized spacial score (nSPS) is 9.17. The average molecular weight is 248 g/mol. The van der Waals surface area contributed by atoms with Gasteiger partial charge in [-0.15, -0.1) is 0 Å². The van der Waals surface area contributed by atoms with Gasteiger partial charge in [-0.3, -0.25) is 4.79 Å². The number of carbonyl (C=O) groups excluding carboxylic acids is 1. The third-order valence-electron chi connectivity index (χ3n) is 1.99. The molecule has 5 nitrogen and oxygen atoms in total. The molecule has 0 heterocycles. The molecule has 0 fully saturated rings. The van der Waals surface area contributed by atoms with E-state index >= 15 is 0 Å². The van der Waals surface area contributed by atoms with Crippen LogP contribution in [-0.4, -0.2) is 28.8 Å². The lowest BCUT2D eigenvalue weighted by Gasteiger charge is -2.00. The summed E-state index contributed by atoms with van der Waals surface area (Å²) >= 11 is 0. The zero-order valence-electron chi connectivity index (χ0n) is 9.77. The highest BCUT2D eigenvalue weighted by Gasteiger charge is 2.04. The average Bonchev–Trinajstić information content (AvgIpc) is 2.29. The minimum atomic E-state index is -0.981. The zero-order valence-corrected chi connectivity index (χ0v) is 9.77. The Morgan fingerprint density at radius 1 is 1.39 bits per heavy atom. The van der Waals surface area contributed by atoms with Crippen molar-refractivity contribution in [3.63, 3.8) is 0 Å². The first-order valence-corrected chi connectivity index (χ1v) is 5.25. The Kier molecular flexibility index (Phi) is 4.76.